The number of fused-ring (bicyclic) bond motifs is 1. The first-order valence-corrected chi connectivity index (χ1v) is 10.7. The Balaban J connectivity index is 1.47. The van der Waals surface area contributed by atoms with Crippen LogP contribution < -0.4 is 10.6 Å². The number of esters is 1. The lowest BCUT2D eigenvalue weighted by molar-refractivity contribution is -0.139. The van der Waals surface area contributed by atoms with Crippen LogP contribution in [0.1, 0.15) is 47.0 Å². The van der Waals surface area contributed by atoms with Crippen molar-refractivity contribution in [2.24, 2.45) is 0 Å². The normalized spacial score (nSPS) is 12.2. The third-order valence-corrected chi connectivity index (χ3v) is 5.42. The maximum absolute atomic E-state index is 12.9. The van der Waals surface area contributed by atoms with Crippen LogP contribution in [0, 0.1) is 0 Å². The van der Waals surface area contributed by atoms with Crippen molar-refractivity contribution in [1.29, 1.82) is 0 Å². The first-order chi connectivity index (χ1) is 16.9. The number of benzene rings is 3. The van der Waals surface area contributed by atoms with Crippen LogP contribution in [-0.4, -0.2) is 48.2 Å². The van der Waals surface area contributed by atoms with Gasteiger partial charge in [-0.25, -0.2) is 0 Å². The van der Waals surface area contributed by atoms with E-state index in [-0.39, 0.29) is 35.3 Å². The van der Waals surface area contributed by atoms with E-state index in [0.717, 1.165) is 10.5 Å². The number of carbonyl (C=O) groups is 5. The molecule has 0 saturated carbocycles. The molecule has 1 heterocycles. The molecule has 0 aromatic heterocycles. The summed E-state index contributed by atoms with van der Waals surface area (Å²) in [6, 6.07) is 19.6. The molecular weight excluding hydrogens is 450 g/mol. The Hall–Kier alpha value is -4.79. The Labute approximate surface area is 200 Å². The summed E-state index contributed by atoms with van der Waals surface area (Å²) in [4.78, 5) is 63.0. The van der Waals surface area contributed by atoms with E-state index in [9.17, 15) is 24.0 Å². The topological polar surface area (TPSA) is 122 Å². The minimum Gasteiger partial charge on any atom is -0.468 e. The fourth-order valence-corrected chi connectivity index (χ4v) is 3.61. The van der Waals surface area contributed by atoms with Crippen molar-refractivity contribution in [3.8, 4) is 0 Å². The highest BCUT2D eigenvalue weighted by molar-refractivity contribution is 6.22. The summed E-state index contributed by atoms with van der Waals surface area (Å²) in [7, 11) is 1.22. The van der Waals surface area contributed by atoms with Crippen molar-refractivity contribution in [1.82, 2.24) is 10.2 Å². The minimum absolute atomic E-state index is 0.138. The van der Waals surface area contributed by atoms with Crippen LogP contribution in [0.15, 0.2) is 72.8 Å². The van der Waals surface area contributed by atoms with Crippen LogP contribution in [0.5, 0.6) is 0 Å². The fraction of sp³-hybridized carbons (Fsp3) is 0.115. The first kappa shape index (κ1) is 23.4. The summed E-state index contributed by atoms with van der Waals surface area (Å²) in [5.74, 6) is -2.48. The summed E-state index contributed by atoms with van der Waals surface area (Å²) in [5.41, 5.74) is 1.98. The van der Waals surface area contributed by atoms with E-state index in [0.29, 0.717) is 5.69 Å². The summed E-state index contributed by atoms with van der Waals surface area (Å²) >= 11 is 0. The Morgan fingerprint density at radius 2 is 1.51 bits per heavy atom. The van der Waals surface area contributed by atoms with Crippen molar-refractivity contribution in [3.05, 3.63) is 101 Å². The molecule has 4 amide bonds. The van der Waals surface area contributed by atoms with Gasteiger partial charge in [-0.05, 0) is 42.0 Å². The van der Waals surface area contributed by atoms with E-state index in [1.165, 1.54) is 37.4 Å². The van der Waals surface area contributed by atoms with Gasteiger partial charge < -0.3 is 15.4 Å². The second-order valence-corrected chi connectivity index (χ2v) is 7.74. The Morgan fingerprint density at radius 1 is 0.800 bits per heavy atom. The van der Waals surface area contributed by atoms with Crippen LogP contribution in [0.4, 0.5) is 5.69 Å². The fourth-order valence-electron chi connectivity index (χ4n) is 3.61. The van der Waals surface area contributed by atoms with Crippen LogP contribution in [0.3, 0.4) is 0 Å². The summed E-state index contributed by atoms with van der Waals surface area (Å²) < 4.78 is 4.49. The molecule has 3 aromatic carbocycles. The number of amides is 4. The highest BCUT2D eigenvalue weighted by Gasteiger charge is 2.36. The number of ether oxygens (including phenoxy) is 1. The highest BCUT2D eigenvalue weighted by atomic mass is 16.5. The average Bonchev–Trinajstić information content (AvgIpc) is 3.12. The van der Waals surface area contributed by atoms with E-state index in [1.54, 1.807) is 12.1 Å². The molecular formula is C26H21N3O6. The van der Waals surface area contributed by atoms with Crippen molar-refractivity contribution in [3.63, 3.8) is 0 Å². The lowest BCUT2D eigenvalue weighted by atomic mass is 10.1. The Bertz CT molecular complexity index is 1340. The SMILES string of the molecule is COC(=O)CNC(=O)c1cccc(NC(=O)c2ccc3c(c2)C(=O)N(Cc2ccccc2)C3=O)c1. The monoisotopic (exact) mass is 471 g/mol. The maximum atomic E-state index is 12.9. The standard InChI is InChI=1S/C26H21N3O6/c1-35-22(30)14-27-23(31)17-8-5-9-19(12-17)28-24(32)18-10-11-20-21(13-18)26(34)29(25(20)33)15-16-6-3-2-4-7-16/h2-13H,14-15H2,1H3,(H,27,31)(H,28,32). The number of imide groups is 1. The molecule has 3 aromatic rings. The van der Waals surface area contributed by atoms with Crippen LogP contribution >= 0.6 is 0 Å². The van der Waals surface area contributed by atoms with Gasteiger partial charge in [-0.1, -0.05) is 36.4 Å². The lowest BCUT2D eigenvalue weighted by Gasteiger charge is -2.13. The largest absolute Gasteiger partial charge is 0.468 e. The number of nitrogens with zero attached hydrogens (tertiary/aromatic N) is 1. The van der Waals surface area contributed by atoms with Gasteiger partial charge in [0.25, 0.3) is 23.6 Å². The van der Waals surface area contributed by atoms with Gasteiger partial charge in [-0.2, -0.15) is 0 Å². The van der Waals surface area contributed by atoms with Crippen molar-refractivity contribution < 1.29 is 28.7 Å². The molecule has 4 rings (SSSR count). The van der Waals surface area contributed by atoms with Gasteiger partial charge >= 0.3 is 5.97 Å². The van der Waals surface area contributed by atoms with Crippen molar-refractivity contribution >= 4 is 35.3 Å². The lowest BCUT2D eigenvalue weighted by Crippen LogP contribution is -2.30. The summed E-state index contributed by atoms with van der Waals surface area (Å²) in [6.45, 7) is -0.144. The molecule has 35 heavy (non-hydrogen) atoms. The number of carbonyl (C=O) groups excluding carboxylic acids is 5. The zero-order valence-electron chi connectivity index (χ0n) is 18.7. The van der Waals surface area contributed by atoms with Gasteiger partial charge in [0.1, 0.15) is 6.54 Å². The van der Waals surface area contributed by atoms with E-state index in [4.69, 9.17) is 0 Å². The molecule has 9 nitrogen and oxygen atoms in total. The maximum Gasteiger partial charge on any atom is 0.325 e. The van der Waals surface area contributed by atoms with E-state index in [1.807, 2.05) is 30.3 Å². The number of methoxy groups -OCH3 is 1. The zero-order valence-corrected chi connectivity index (χ0v) is 18.7. The van der Waals surface area contributed by atoms with Gasteiger partial charge in [-0.3, -0.25) is 28.9 Å². The molecule has 0 unspecified atom stereocenters. The van der Waals surface area contributed by atoms with Gasteiger partial charge in [0.15, 0.2) is 0 Å². The predicted octanol–water partition coefficient (Wildman–Crippen LogP) is 2.64. The molecule has 176 valence electrons. The van der Waals surface area contributed by atoms with Gasteiger partial charge in [0.2, 0.25) is 0 Å². The molecule has 0 saturated heterocycles. The third kappa shape index (κ3) is 5.09. The molecule has 1 aliphatic rings. The molecule has 0 aliphatic carbocycles. The summed E-state index contributed by atoms with van der Waals surface area (Å²) in [5, 5.41) is 5.10. The second-order valence-electron chi connectivity index (χ2n) is 7.74. The first-order valence-electron chi connectivity index (χ1n) is 10.7. The van der Waals surface area contributed by atoms with Crippen molar-refractivity contribution in [2.45, 2.75) is 6.54 Å². The Morgan fingerprint density at radius 3 is 2.26 bits per heavy atom. The highest BCUT2D eigenvalue weighted by Crippen LogP contribution is 2.26. The van der Waals surface area contributed by atoms with Gasteiger partial charge in [0.05, 0.1) is 24.8 Å². The zero-order chi connectivity index (χ0) is 24.9. The number of anilines is 1. The van der Waals surface area contributed by atoms with Crippen LogP contribution in [0.25, 0.3) is 0 Å². The predicted molar refractivity (Wildman–Crippen MR) is 126 cm³/mol. The van der Waals surface area contributed by atoms with Crippen molar-refractivity contribution in [2.75, 3.05) is 19.0 Å². The van der Waals surface area contributed by atoms with Crippen LogP contribution in [0.2, 0.25) is 0 Å². The number of nitrogens with one attached hydrogen (secondary N) is 2. The van der Waals surface area contributed by atoms with E-state index in [2.05, 4.69) is 15.4 Å². The minimum atomic E-state index is -0.588. The smallest absolute Gasteiger partial charge is 0.325 e. The van der Waals surface area contributed by atoms with Gasteiger partial charge in [0, 0.05) is 16.8 Å². The molecule has 2 N–H and O–H groups in total. The number of hydrogen-bond donors (Lipinski definition) is 2. The van der Waals surface area contributed by atoms with Gasteiger partial charge in [-0.15, -0.1) is 0 Å². The quantitative estimate of drug-likeness (QED) is 0.404. The molecule has 1 aliphatic heterocycles. The molecule has 9 heteroatoms. The molecule has 0 radical (unpaired) electrons. The second kappa shape index (κ2) is 10.0. The number of rotatable bonds is 7. The van der Waals surface area contributed by atoms with E-state index >= 15 is 0 Å². The Kier molecular flexibility index (Phi) is 6.68. The third-order valence-electron chi connectivity index (χ3n) is 5.42. The van der Waals surface area contributed by atoms with Crippen LogP contribution in [-0.2, 0) is 16.1 Å². The molecule has 0 fully saturated rings. The average molecular weight is 471 g/mol. The molecule has 0 atom stereocenters. The van der Waals surface area contributed by atoms with E-state index < -0.39 is 29.6 Å². The molecule has 0 spiro atoms. The number of hydrogen-bond acceptors (Lipinski definition) is 6. The molecule has 0 bridgehead atoms. The summed E-state index contributed by atoms with van der Waals surface area (Å²) in [6.07, 6.45) is 0.